The molecule has 5 aromatic rings. The van der Waals surface area contributed by atoms with E-state index >= 15 is 0 Å². The molecule has 0 radical (unpaired) electrons. The van der Waals surface area contributed by atoms with Crippen LogP contribution in [0.5, 0.6) is 23.0 Å². The standard InChI is InChI=1S/C26H19N7O3/c27-12-15-30-26(34)21-16-17(10-13-28-21)31-25-23-22(11-14-29-24(23)32-33-25)36-20-8-6-19(7-9-20)35-18-4-2-1-3-5-18/h1-11,13-14,16H,15H2,(H,30,34)(H2,28,29,31,32,33). The zero-order valence-corrected chi connectivity index (χ0v) is 18.8. The van der Waals surface area contributed by atoms with E-state index in [1.807, 2.05) is 60.7 Å². The summed E-state index contributed by atoms with van der Waals surface area (Å²) in [4.78, 5) is 20.5. The maximum Gasteiger partial charge on any atom is 0.270 e. The highest BCUT2D eigenvalue weighted by molar-refractivity contribution is 5.96. The van der Waals surface area contributed by atoms with E-state index in [9.17, 15) is 4.79 Å². The van der Waals surface area contributed by atoms with Gasteiger partial charge in [-0.3, -0.25) is 14.9 Å². The molecular formula is C26H19N7O3. The van der Waals surface area contributed by atoms with Crippen LogP contribution in [-0.2, 0) is 0 Å². The van der Waals surface area contributed by atoms with Crippen molar-refractivity contribution in [2.24, 2.45) is 0 Å². The minimum Gasteiger partial charge on any atom is -0.457 e. The third-order valence-corrected chi connectivity index (χ3v) is 5.04. The molecule has 0 fully saturated rings. The van der Waals surface area contributed by atoms with Crippen molar-refractivity contribution in [2.75, 3.05) is 11.9 Å². The van der Waals surface area contributed by atoms with E-state index in [2.05, 4.69) is 30.8 Å². The molecule has 0 aliphatic rings. The molecule has 10 nitrogen and oxygen atoms in total. The first-order chi connectivity index (χ1) is 17.7. The normalized spacial score (nSPS) is 10.4. The topological polar surface area (TPSA) is 138 Å². The third kappa shape index (κ3) is 5.05. The number of hydrogen-bond acceptors (Lipinski definition) is 8. The number of hydrogen-bond donors (Lipinski definition) is 3. The molecule has 0 spiro atoms. The molecule has 3 heterocycles. The quantitative estimate of drug-likeness (QED) is 0.267. The fourth-order valence-electron chi connectivity index (χ4n) is 3.41. The van der Waals surface area contributed by atoms with Crippen LogP contribution < -0.4 is 20.1 Å². The summed E-state index contributed by atoms with van der Waals surface area (Å²) in [5.41, 5.74) is 1.22. The van der Waals surface area contributed by atoms with Crippen LogP contribution in [0, 0.1) is 11.3 Å². The van der Waals surface area contributed by atoms with Gasteiger partial charge < -0.3 is 20.1 Å². The Kier molecular flexibility index (Phi) is 6.36. The van der Waals surface area contributed by atoms with E-state index in [0.29, 0.717) is 39.8 Å². The summed E-state index contributed by atoms with van der Waals surface area (Å²) in [5, 5.41) is 22.1. The molecule has 0 aliphatic carbocycles. The lowest BCUT2D eigenvalue weighted by molar-refractivity contribution is 0.0953. The summed E-state index contributed by atoms with van der Waals surface area (Å²) in [6.07, 6.45) is 3.11. The summed E-state index contributed by atoms with van der Waals surface area (Å²) >= 11 is 0. The number of pyridine rings is 2. The molecule has 0 saturated carbocycles. The number of fused-ring (bicyclic) bond motifs is 1. The summed E-state index contributed by atoms with van der Waals surface area (Å²) in [5.74, 6) is 2.67. The second-order valence-electron chi connectivity index (χ2n) is 7.49. The van der Waals surface area contributed by atoms with E-state index in [1.165, 1.54) is 6.20 Å². The molecule has 36 heavy (non-hydrogen) atoms. The highest BCUT2D eigenvalue weighted by Gasteiger charge is 2.15. The van der Waals surface area contributed by atoms with Gasteiger partial charge in [0.05, 0.1) is 6.07 Å². The van der Waals surface area contributed by atoms with Crippen LogP contribution in [0.4, 0.5) is 11.5 Å². The number of amides is 1. The fourth-order valence-corrected chi connectivity index (χ4v) is 3.41. The summed E-state index contributed by atoms with van der Waals surface area (Å²) in [7, 11) is 0. The smallest absolute Gasteiger partial charge is 0.270 e. The predicted octanol–water partition coefficient (Wildman–Crippen LogP) is 4.93. The average Bonchev–Trinajstić information content (AvgIpc) is 3.33. The van der Waals surface area contributed by atoms with Crippen molar-refractivity contribution in [3.05, 3.63) is 90.9 Å². The Labute approximate surface area is 205 Å². The largest absolute Gasteiger partial charge is 0.457 e. The van der Waals surface area contributed by atoms with Crippen molar-refractivity contribution >= 4 is 28.4 Å². The third-order valence-electron chi connectivity index (χ3n) is 5.04. The summed E-state index contributed by atoms with van der Waals surface area (Å²) in [6, 6.07) is 23.7. The van der Waals surface area contributed by atoms with E-state index < -0.39 is 5.91 Å². The lowest BCUT2D eigenvalue weighted by Gasteiger charge is -2.10. The first-order valence-electron chi connectivity index (χ1n) is 10.9. The van der Waals surface area contributed by atoms with E-state index in [1.54, 1.807) is 24.4 Å². The Morgan fingerprint density at radius 2 is 1.64 bits per heavy atom. The number of benzene rings is 2. The lowest BCUT2D eigenvalue weighted by atomic mass is 10.2. The van der Waals surface area contributed by atoms with Gasteiger partial charge in [-0.2, -0.15) is 10.4 Å². The zero-order valence-electron chi connectivity index (χ0n) is 18.8. The first kappa shape index (κ1) is 22.4. The number of aromatic nitrogens is 4. The van der Waals surface area contributed by atoms with Gasteiger partial charge in [0.25, 0.3) is 5.91 Å². The predicted molar refractivity (Wildman–Crippen MR) is 132 cm³/mol. The molecule has 0 aliphatic heterocycles. The van der Waals surface area contributed by atoms with Gasteiger partial charge in [-0.1, -0.05) is 18.2 Å². The average molecular weight is 477 g/mol. The van der Waals surface area contributed by atoms with Crippen LogP contribution in [0.25, 0.3) is 11.0 Å². The fraction of sp³-hybridized carbons (Fsp3) is 0.0385. The number of rotatable bonds is 8. The number of nitriles is 1. The van der Waals surface area contributed by atoms with Crippen molar-refractivity contribution in [1.29, 1.82) is 5.26 Å². The number of ether oxygens (including phenoxy) is 2. The van der Waals surface area contributed by atoms with Crippen molar-refractivity contribution in [3.63, 3.8) is 0 Å². The van der Waals surface area contributed by atoms with Crippen LogP contribution in [0.3, 0.4) is 0 Å². The Hall–Kier alpha value is -5.43. The van der Waals surface area contributed by atoms with Crippen LogP contribution in [0.2, 0.25) is 0 Å². The molecule has 0 bridgehead atoms. The molecule has 0 atom stereocenters. The first-order valence-corrected chi connectivity index (χ1v) is 10.9. The molecule has 1 amide bonds. The minimum atomic E-state index is -0.444. The SMILES string of the molecule is N#CCNC(=O)c1cc(Nc2[nH]nc3nccc(Oc4ccc(Oc5ccccc5)cc4)c23)ccn1. The highest BCUT2D eigenvalue weighted by Crippen LogP contribution is 2.35. The van der Waals surface area contributed by atoms with Crippen LogP contribution in [0.1, 0.15) is 10.5 Å². The molecule has 3 aromatic heterocycles. The minimum absolute atomic E-state index is 0.102. The van der Waals surface area contributed by atoms with Gasteiger partial charge in [0, 0.05) is 24.1 Å². The molecule has 2 aromatic carbocycles. The number of carbonyl (C=O) groups excluding carboxylic acids is 1. The Morgan fingerprint density at radius 1 is 0.917 bits per heavy atom. The number of nitrogens with zero attached hydrogens (tertiary/aromatic N) is 4. The number of aromatic amines is 1. The highest BCUT2D eigenvalue weighted by atomic mass is 16.5. The van der Waals surface area contributed by atoms with Gasteiger partial charge >= 0.3 is 0 Å². The van der Waals surface area contributed by atoms with Crippen molar-refractivity contribution < 1.29 is 14.3 Å². The van der Waals surface area contributed by atoms with Crippen LogP contribution in [-0.4, -0.2) is 32.6 Å². The molecule has 176 valence electrons. The van der Waals surface area contributed by atoms with Crippen molar-refractivity contribution in [3.8, 4) is 29.1 Å². The van der Waals surface area contributed by atoms with E-state index in [4.69, 9.17) is 14.7 Å². The van der Waals surface area contributed by atoms with Crippen LogP contribution in [0.15, 0.2) is 85.2 Å². The number of anilines is 2. The molecule has 0 saturated heterocycles. The van der Waals surface area contributed by atoms with Crippen molar-refractivity contribution in [2.45, 2.75) is 0 Å². The summed E-state index contributed by atoms with van der Waals surface area (Å²) < 4.78 is 12.0. The van der Waals surface area contributed by atoms with Gasteiger partial charge in [0.1, 0.15) is 46.4 Å². The Balaban J connectivity index is 1.36. The Morgan fingerprint density at radius 3 is 2.42 bits per heavy atom. The molecular weight excluding hydrogens is 458 g/mol. The number of H-pyrrole nitrogens is 1. The molecule has 10 heteroatoms. The number of carbonyl (C=O) groups is 1. The maximum atomic E-state index is 12.1. The second kappa shape index (κ2) is 10.2. The van der Waals surface area contributed by atoms with Gasteiger partial charge in [0.15, 0.2) is 5.65 Å². The monoisotopic (exact) mass is 477 g/mol. The summed E-state index contributed by atoms with van der Waals surface area (Å²) in [6.45, 7) is -0.102. The van der Waals surface area contributed by atoms with E-state index in [0.717, 1.165) is 5.75 Å². The number of para-hydroxylation sites is 1. The molecule has 0 unspecified atom stereocenters. The molecule has 5 rings (SSSR count). The van der Waals surface area contributed by atoms with Crippen LogP contribution >= 0.6 is 0 Å². The zero-order chi connectivity index (χ0) is 24.7. The van der Waals surface area contributed by atoms with Gasteiger partial charge in [-0.05, 0) is 48.5 Å². The van der Waals surface area contributed by atoms with Gasteiger partial charge in [-0.15, -0.1) is 0 Å². The second-order valence-corrected chi connectivity index (χ2v) is 7.49. The maximum absolute atomic E-state index is 12.1. The van der Waals surface area contributed by atoms with E-state index in [-0.39, 0.29) is 12.2 Å². The number of nitrogens with one attached hydrogen (secondary N) is 3. The van der Waals surface area contributed by atoms with Gasteiger partial charge in [-0.25, -0.2) is 4.98 Å². The van der Waals surface area contributed by atoms with Gasteiger partial charge in [0.2, 0.25) is 0 Å². The Bertz CT molecular complexity index is 1540. The van der Waals surface area contributed by atoms with Crippen molar-refractivity contribution in [1.82, 2.24) is 25.5 Å². The molecule has 3 N–H and O–H groups in total. The lowest BCUT2D eigenvalue weighted by Crippen LogP contribution is -2.24.